The lowest BCUT2D eigenvalue weighted by Crippen LogP contribution is -2.20. The van der Waals surface area contributed by atoms with Gasteiger partial charge in [0.15, 0.2) is 6.39 Å². The maximum Gasteiger partial charge on any atom is 0.180 e. The molecule has 74 valence electrons. The van der Waals surface area contributed by atoms with Gasteiger partial charge >= 0.3 is 0 Å². The van der Waals surface area contributed by atoms with Crippen molar-refractivity contribution in [2.24, 2.45) is 0 Å². The molecule has 0 aliphatic heterocycles. The smallest absolute Gasteiger partial charge is 0.180 e. The van der Waals surface area contributed by atoms with Crippen molar-refractivity contribution in [1.82, 2.24) is 15.2 Å². The van der Waals surface area contributed by atoms with Crippen LogP contribution in [-0.2, 0) is 6.54 Å². The van der Waals surface area contributed by atoms with Crippen LogP contribution in [0, 0.1) is 0 Å². The number of oxazole rings is 1. The summed E-state index contributed by atoms with van der Waals surface area (Å²) in [6.45, 7) is 2.90. The summed E-state index contributed by atoms with van der Waals surface area (Å²) in [5.41, 5.74) is 0. The van der Waals surface area contributed by atoms with E-state index in [1.54, 1.807) is 6.20 Å². The Hall–Kier alpha value is -0.870. The number of rotatable bonds is 6. The first kappa shape index (κ1) is 10.2. The van der Waals surface area contributed by atoms with Crippen molar-refractivity contribution >= 4 is 0 Å². The summed E-state index contributed by atoms with van der Waals surface area (Å²) in [5, 5.41) is 3.28. The fourth-order valence-corrected chi connectivity index (χ4v) is 1.06. The van der Waals surface area contributed by atoms with E-state index in [1.165, 1.54) is 6.39 Å². The number of hydrogen-bond donors (Lipinski definition) is 1. The van der Waals surface area contributed by atoms with Crippen LogP contribution in [0.15, 0.2) is 17.0 Å². The molecule has 4 nitrogen and oxygen atoms in total. The van der Waals surface area contributed by atoms with Crippen LogP contribution in [0.5, 0.6) is 0 Å². The molecule has 0 aromatic carbocycles. The molecule has 1 N–H and O–H groups in total. The first-order valence-electron chi connectivity index (χ1n) is 4.52. The SMILES string of the molecule is CN(C)CCCNCc1cnco1. The Morgan fingerprint density at radius 1 is 1.54 bits per heavy atom. The van der Waals surface area contributed by atoms with Crippen LogP contribution in [0.1, 0.15) is 12.2 Å². The monoisotopic (exact) mass is 183 g/mol. The van der Waals surface area contributed by atoms with E-state index in [-0.39, 0.29) is 0 Å². The second-order valence-corrected chi connectivity index (χ2v) is 3.30. The zero-order valence-electron chi connectivity index (χ0n) is 8.29. The van der Waals surface area contributed by atoms with Crippen LogP contribution in [0.25, 0.3) is 0 Å². The van der Waals surface area contributed by atoms with Gasteiger partial charge in [-0.25, -0.2) is 4.98 Å². The zero-order valence-corrected chi connectivity index (χ0v) is 8.29. The average Bonchev–Trinajstić information content (AvgIpc) is 2.55. The van der Waals surface area contributed by atoms with E-state index in [1.807, 2.05) is 0 Å². The Balaban J connectivity index is 1.96. The van der Waals surface area contributed by atoms with Crippen molar-refractivity contribution in [3.8, 4) is 0 Å². The molecule has 0 aliphatic carbocycles. The quantitative estimate of drug-likeness (QED) is 0.660. The Kier molecular flexibility index (Phi) is 4.49. The summed E-state index contributed by atoms with van der Waals surface area (Å²) < 4.78 is 5.08. The van der Waals surface area contributed by atoms with Gasteiger partial charge in [0.1, 0.15) is 5.76 Å². The van der Waals surface area contributed by atoms with Crippen LogP contribution < -0.4 is 5.32 Å². The molecular weight excluding hydrogens is 166 g/mol. The summed E-state index contributed by atoms with van der Waals surface area (Å²) in [6, 6.07) is 0. The second kappa shape index (κ2) is 5.72. The van der Waals surface area contributed by atoms with Crippen LogP contribution in [0.4, 0.5) is 0 Å². The molecule has 1 heterocycles. The lowest BCUT2D eigenvalue weighted by molar-refractivity contribution is 0.390. The molecule has 0 aliphatic rings. The molecule has 13 heavy (non-hydrogen) atoms. The summed E-state index contributed by atoms with van der Waals surface area (Å²) in [4.78, 5) is 6.01. The first-order valence-corrected chi connectivity index (χ1v) is 4.52. The zero-order chi connectivity index (χ0) is 9.52. The van der Waals surface area contributed by atoms with Crippen LogP contribution >= 0.6 is 0 Å². The van der Waals surface area contributed by atoms with Gasteiger partial charge in [-0.05, 0) is 33.6 Å². The third-order valence-corrected chi connectivity index (χ3v) is 1.74. The highest BCUT2D eigenvalue weighted by atomic mass is 16.3. The summed E-state index contributed by atoms with van der Waals surface area (Å²) in [6.07, 6.45) is 4.34. The molecule has 0 radical (unpaired) electrons. The van der Waals surface area contributed by atoms with Crippen LogP contribution in [0.2, 0.25) is 0 Å². The van der Waals surface area contributed by atoms with Crippen molar-refractivity contribution < 1.29 is 4.42 Å². The molecule has 1 rings (SSSR count). The molecule has 1 aromatic rings. The average molecular weight is 183 g/mol. The third kappa shape index (κ3) is 4.65. The largest absolute Gasteiger partial charge is 0.447 e. The predicted octanol–water partition coefficient (Wildman–Crippen LogP) is 0.716. The normalized spacial score (nSPS) is 11.0. The van der Waals surface area contributed by atoms with Crippen molar-refractivity contribution in [1.29, 1.82) is 0 Å². The van der Waals surface area contributed by atoms with Crippen LogP contribution in [-0.4, -0.2) is 37.1 Å². The fraction of sp³-hybridized carbons (Fsp3) is 0.667. The molecule has 0 amide bonds. The number of nitrogens with zero attached hydrogens (tertiary/aromatic N) is 2. The van der Waals surface area contributed by atoms with Gasteiger partial charge in [0.2, 0.25) is 0 Å². The molecular formula is C9H17N3O. The van der Waals surface area contributed by atoms with Gasteiger partial charge in [0.05, 0.1) is 12.7 Å². The molecule has 4 heteroatoms. The second-order valence-electron chi connectivity index (χ2n) is 3.30. The summed E-state index contributed by atoms with van der Waals surface area (Å²) >= 11 is 0. The maximum atomic E-state index is 5.08. The van der Waals surface area contributed by atoms with E-state index in [9.17, 15) is 0 Å². The van der Waals surface area contributed by atoms with Gasteiger partial charge < -0.3 is 14.6 Å². The Labute approximate surface area is 78.9 Å². The number of hydrogen-bond acceptors (Lipinski definition) is 4. The highest BCUT2D eigenvalue weighted by Crippen LogP contribution is 1.94. The van der Waals surface area contributed by atoms with Gasteiger partial charge in [-0.15, -0.1) is 0 Å². The molecule has 1 aromatic heterocycles. The Morgan fingerprint density at radius 2 is 2.38 bits per heavy atom. The number of nitrogens with one attached hydrogen (secondary N) is 1. The minimum absolute atomic E-state index is 0.771. The van der Waals surface area contributed by atoms with Gasteiger partial charge in [0, 0.05) is 0 Å². The van der Waals surface area contributed by atoms with E-state index < -0.39 is 0 Å². The lowest BCUT2D eigenvalue weighted by atomic mass is 10.4. The summed E-state index contributed by atoms with van der Waals surface area (Å²) in [7, 11) is 4.16. The fourth-order valence-electron chi connectivity index (χ4n) is 1.06. The standard InChI is InChI=1S/C9H17N3O/c1-12(2)5-3-4-10-6-9-7-11-8-13-9/h7-8,10H,3-6H2,1-2H3. The molecule has 0 spiro atoms. The summed E-state index contributed by atoms with van der Waals surface area (Å²) in [5.74, 6) is 0.893. The minimum atomic E-state index is 0.771. The van der Waals surface area contributed by atoms with Gasteiger partial charge in [-0.3, -0.25) is 0 Å². The van der Waals surface area contributed by atoms with Crippen molar-refractivity contribution in [2.45, 2.75) is 13.0 Å². The first-order chi connectivity index (χ1) is 6.29. The van der Waals surface area contributed by atoms with Crippen LogP contribution in [0.3, 0.4) is 0 Å². The highest BCUT2D eigenvalue weighted by molar-refractivity contribution is 4.86. The van der Waals surface area contributed by atoms with E-state index in [0.29, 0.717) is 0 Å². The van der Waals surface area contributed by atoms with E-state index >= 15 is 0 Å². The van der Waals surface area contributed by atoms with E-state index in [2.05, 4.69) is 29.3 Å². The van der Waals surface area contributed by atoms with Gasteiger partial charge in [-0.2, -0.15) is 0 Å². The van der Waals surface area contributed by atoms with E-state index in [0.717, 1.165) is 31.8 Å². The van der Waals surface area contributed by atoms with Crippen molar-refractivity contribution in [3.05, 3.63) is 18.4 Å². The predicted molar refractivity (Wildman–Crippen MR) is 51.4 cm³/mol. The van der Waals surface area contributed by atoms with Gasteiger partial charge in [-0.1, -0.05) is 0 Å². The number of aromatic nitrogens is 1. The molecule has 0 unspecified atom stereocenters. The van der Waals surface area contributed by atoms with Gasteiger partial charge in [0.25, 0.3) is 0 Å². The lowest BCUT2D eigenvalue weighted by Gasteiger charge is -2.08. The van der Waals surface area contributed by atoms with Crippen molar-refractivity contribution in [2.75, 3.05) is 27.2 Å². The molecule has 0 atom stereocenters. The molecule has 0 bridgehead atoms. The highest BCUT2D eigenvalue weighted by Gasteiger charge is 1.95. The Bertz CT molecular complexity index is 209. The topological polar surface area (TPSA) is 41.3 Å². The molecule has 0 saturated heterocycles. The minimum Gasteiger partial charge on any atom is -0.447 e. The third-order valence-electron chi connectivity index (χ3n) is 1.74. The van der Waals surface area contributed by atoms with Crippen molar-refractivity contribution in [3.63, 3.8) is 0 Å². The maximum absolute atomic E-state index is 5.08. The van der Waals surface area contributed by atoms with E-state index in [4.69, 9.17) is 4.42 Å². The molecule has 0 fully saturated rings. The molecule has 0 saturated carbocycles. The Morgan fingerprint density at radius 3 is 3.00 bits per heavy atom.